The fourth-order valence-electron chi connectivity index (χ4n) is 1.10. The highest BCUT2D eigenvalue weighted by atomic mass is 35.5. The number of carbonyl (C=O) groups is 1. The molecule has 0 heterocycles. The molecule has 0 rings (SSSR count). The molecule has 0 radical (unpaired) electrons. The van der Waals surface area contributed by atoms with Gasteiger partial charge in [0.15, 0.2) is 0 Å². The summed E-state index contributed by atoms with van der Waals surface area (Å²) in [6.45, 7) is 1.63. The summed E-state index contributed by atoms with van der Waals surface area (Å²) < 4.78 is 0. The highest BCUT2D eigenvalue weighted by molar-refractivity contribution is 5.85. The second kappa shape index (κ2) is 7.26. The summed E-state index contributed by atoms with van der Waals surface area (Å²) in [5, 5.41) is 18.3. The zero-order chi connectivity index (χ0) is 9.72. The summed E-state index contributed by atoms with van der Waals surface area (Å²) in [7, 11) is 3.53. The van der Waals surface area contributed by atoms with E-state index < -0.39 is 12.2 Å². The van der Waals surface area contributed by atoms with Crippen molar-refractivity contribution in [3.8, 4) is 0 Å². The number of rotatable bonds is 5. The topological polar surface area (TPSA) is 60.8 Å². The first-order valence-electron chi connectivity index (χ1n) is 3.97. The predicted octanol–water partition coefficient (Wildman–Crippen LogP) is -0.331. The van der Waals surface area contributed by atoms with Crippen molar-refractivity contribution in [1.82, 2.24) is 4.90 Å². The molecule has 3 atom stereocenters. The fourth-order valence-corrected chi connectivity index (χ4v) is 1.10. The number of halogens is 1. The van der Waals surface area contributed by atoms with E-state index in [2.05, 4.69) is 0 Å². The van der Waals surface area contributed by atoms with Crippen molar-refractivity contribution < 1.29 is 15.0 Å². The first-order valence-corrected chi connectivity index (χ1v) is 3.97. The summed E-state index contributed by atoms with van der Waals surface area (Å²) in [5.41, 5.74) is 0. The molecule has 13 heavy (non-hydrogen) atoms. The van der Waals surface area contributed by atoms with Crippen LogP contribution in [0.25, 0.3) is 0 Å². The standard InChI is InChI=1S/C8H17NO3.ClH/c1-6(11)4-7(9(2)3)8(12)5-10;/h5-8,11-12H,4H2,1-3H3;1H. The highest BCUT2D eigenvalue weighted by Gasteiger charge is 2.21. The summed E-state index contributed by atoms with van der Waals surface area (Å²) in [4.78, 5) is 12.0. The Morgan fingerprint density at radius 3 is 2.08 bits per heavy atom. The SMILES string of the molecule is CC(O)CC(C(O)C=O)N(C)C.Cl. The molecule has 0 aromatic rings. The Balaban J connectivity index is 0. The van der Waals surface area contributed by atoms with Crippen LogP contribution in [0.1, 0.15) is 13.3 Å². The fraction of sp³-hybridized carbons (Fsp3) is 0.875. The van der Waals surface area contributed by atoms with E-state index in [0.29, 0.717) is 12.7 Å². The van der Waals surface area contributed by atoms with Crippen LogP contribution >= 0.6 is 12.4 Å². The van der Waals surface area contributed by atoms with E-state index >= 15 is 0 Å². The lowest BCUT2D eigenvalue weighted by molar-refractivity contribution is -0.118. The maximum atomic E-state index is 10.3. The minimum Gasteiger partial charge on any atom is -0.393 e. The van der Waals surface area contributed by atoms with E-state index in [0.717, 1.165) is 0 Å². The third-order valence-corrected chi connectivity index (χ3v) is 1.78. The smallest absolute Gasteiger partial charge is 0.150 e. The average molecular weight is 212 g/mol. The van der Waals surface area contributed by atoms with E-state index in [1.54, 1.807) is 25.9 Å². The molecular formula is C8H18ClNO3. The Hall–Kier alpha value is -0.160. The molecule has 0 bridgehead atoms. The molecule has 0 aromatic carbocycles. The second-order valence-corrected chi connectivity index (χ2v) is 3.24. The van der Waals surface area contributed by atoms with Crippen molar-refractivity contribution in [3.05, 3.63) is 0 Å². The van der Waals surface area contributed by atoms with Gasteiger partial charge in [0.05, 0.1) is 6.10 Å². The lowest BCUT2D eigenvalue weighted by atomic mass is 10.0. The number of aliphatic hydroxyl groups is 2. The predicted molar refractivity (Wildman–Crippen MR) is 53.1 cm³/mol. The maximum Gasteiger partial charge on any atom is 0.150 e. The summed E-state index contributed by atoms with van der Waals surface area (Å²) >= 11 is 0. The van der Waals surface area contributed by atoms with Crippen molar-refractivity contribution in [2.45, 2.75) is 31.6 Å². The molecule has 0 saturated heterocycles. The minimum absolute atomic E-state index is 0. The van der Waals surface area contributed by atoms with Crippen LogP contribution in [-0.4, -0.2) is 53.7 Å². The first-order chi connectivity index (χ1) is 5.49. The molecule has 0 fully saturated rings. The Labute approximate surface area is 85.0 Å². The van der Waals surface area contributed by atoms with E-state index in [4.69, 9.17) is 5.11 Å². The zero-order valence-corrected chi connectivity index (χ0v) is 8.99. The van der Waals surface area contributed by atoms with Crippen LogP contribution in [0.3, 0.4) is 0 Å². The number of aliphatic hydroxyl groups excluding tert-OH is 2. The minimum atomic E-state index is -1.02. The third kappa shape index (κ3) is 5.99. The van der Waals surface area contributed by atoms with Gasteiger partial charge in [0.2, 0.25) is 0 Å². The normalized spacial score (nSPS) is 17.4. The Morgan fingerprint density at radius 1 is 1.38 bits per heavy atom. The number of hydrogen-bond acceptors (Lipinski definition) is 4. The van der Waals surface area contributed by atoms with Crippen molar-refractivity contribution >= 4 is 18.7 Å². The number of nitrogens with zero attached hydrogens (tertiary/aromatic N) is 1. The molecule has 0 aliphatic carbocycles. The van der Waals surface area contributed by atoms with Crippen LogP contribution < -0.4 is 0 Å². The van der Waals surface area contributed by atoms with Crippen LogP contribution in [0.15, 0.2) is 0 Å². The highest BCUT2D eigenvalue weighted by Crippen LogP contribution is 2.07. The molecular weight excluding hydrogens is 194 g/mol. The largest absolute Gasteiger partial charge is 0.393 e. The molecule has 3 unspecified atom stereocenters. The number of aldehydes is 1. The van der Waals surface area contributed by atoms with Crippen LogP contribution in [0, 0.1) is 0 Å². The Kier molecular flexibility index (Phi) is 8.56. The van der Waals surface area contributed by atoms with Gasteiger partial charge in [-0.05, 0) is 27.4 Å². The summed E-state index contributed by atoms with van der Waals surface area (Å²) in [6, 6.07) is -0.303. The van der Waals surface area contributed by atoms with Gasteiger partial charge in [0, 0.05) is 6.04 Å². The van der Waals surface area contributed by atoms with Gasteiger partial charge in [-0.25, -0.2) is 0 Å². The summed E-state index contributed by atoms with van der Waals surface area (Å²) in [6.07, 6.45) is -0.637. The van der Waals surface area contributed by atoms with E-state index in [1.165, 1.54) is 0 Å². The van der Waals surface area contributed by atoms with Crippen molar-refractivity contribution in [3.63, 3.8) is 0 Å². The Morgan fingerprint density at radius 2 is 1.85 bits per heavy atom. The molecule has 0 aliphatic heterocycles. The van der Waals surface area contributed by atoms with E-state index in [9.17, 15) is 9.90 Å². The van der Waals surface area contributed by atoms with Crippen molar-refractivity contribution in [2.24, 2.45) is 0 Å². The molecule has 4 nitrogen and oxygen atoms in total. The lowest BCUT2D eigenvalue weighted by Crippen LogP contribution is -2.41. The van der Waals surface area contributed by atoms with Crippen LogP contribution in [-0.2, 0) is 4.79 Å². The second-order valence-electron chi connectivity index (χ2n) is 3.24. The van der Waals surface area contributed by atoms with Gasteiger partial charge in [-0.2, -0.15) is 0 Å². The van der Waals surface area contributed by atoms with Crippen LogP contribution in [0.2, 0.25) is 0 Å². The van der Waals surface area contributed by atoms with Crippen molar-refractivity contribution in [1.29, 1.82) is 0 Å². The monoisotopic (exact) mass is 211 g/mol. The number of carbonyl (C=O) groups excluding carboxylic acids is 1. The first kappa shape index (κ1) is 15.3. The van der Waals surface area contributed by atoms with Gasteiger partial charge in [0.1, 0.15) is 12.4 Å². The molecule has 5 heteroatoms. The molecule has 0 aliphatic rings. The van der Waals surface area contributed by atoms with E-state index in [1.807, 2.05) is 0 Å². The van der Waals surface area contributed by atoms with Crippen molar-refractivity contribution in [2.75, 3.05) is 14.1 Å². The average Bonchev–Trinajstić information content (AvgIpc) is 1.98. The summed E-state index contributed by atoms with van der Waals surface area (Å²) in [5.74, 6) is 0. The molecule has 0 spiro atoms. The van der Waals surface area contributed by atoms with Gasteiger partial charge in [0.25, 0.3) is 0 Å². The van der Waals surface area contributed by atoms with Crippen LogP contribution in [0.5, 0.6) is 0 Å². The van der Waals surface area contributed by atoms with Gasteiger partial charge in [-0.15, -0.1) is 12.4 Å². The molecule has 0 aromatic heterocycles. The van der Waals surface area contributed by atoms with Gasteiger partial charge in [-0.3, -0.25) is 0 Å². The zero-order valence-electron chi connectivity index (χ0n) is 8.17. The Bertz CT molecular complexity index is 141. The maximum absolute atomic E-state index is 10.3. The lowest BCUT2D eigenvalue weighted by Gasteiger charge is -2.26. The molecule has 0 saturated carbocycles. The third-order valence-electron chi connectivity index (χ3n) is 1.78. The number of likely N-dealkylation sites (N-methyl/N-ethyl adjacent to an activating group) is 1. The van der Waals surface area contributed by atoms with Gasteiger partial charge in [-0.1, -0.05) is 0 Å². The molecule has 2 N–H and O–H groups in total. The van der Waals surface area contributed by atoms with Gasteiger partial charge >= 0.3 is 0 Å². The molecule has 80 valence electrons. The van der Waals surface area contributed by atoms with Gasteiger partial charge < -0.3 is 19.9 Å². The molecule has 0 amide bonds. The number of hydrogen-bond donors (Lipinski definition) is 2. The van der Waals surface area contributed by atoms with E-state index in [-0.39, 0.29) is 18.4 Å². The quantitative estimate of drug-likeness (QED) is 0.612. The van der Waals surface area contributed by atoms with Crippen LogP contribution in [0.4, 0.5) is 0 Å².